The molecule has 0 bridgehead atoms. The Morgan fingerprint density at radius 3 is 2.70 bits per heavy atom. The fourth-order valence-electron chi connectivity index (χ4n) is 3.52. The minimum Gasteiger partial charge on any atom is -0.458 e. The van der Waals surface area contributed by atoms with E-state index in [4.69, 9.17) is 10.2 Å². The van der Waals surface area contributed by atoms with E-state index in [1.807, 2.05) is 12.1 Å². The van der Waals surface area contributed by atoms with Crippen LogP contribution in [-0.4, -0.2) is 51.7 Å². The van der Waals surface area contributed by atoms with Crippen LogP contribution < -0.4 is 21.3 Å². The highest BCUT2D eigenvalue weighted by Crippen LogP contribution is 2.26. The summed E-state index contributed by atoms with van der Waals surface area (Å²) >= 11 is 0. The molecular formula is C20H20N8O2. The third kappa shape index (κ3) is 3.33. The molecule has 152 valence electrons. The predicted octanol–water partition coefficient (Wildman–Crippen LogP) is 1.64. The summed E-state index contributed by atoms with van der Waals surface area (Å²) in [5.74, 6) is 0.0152. The number of nitrogens with zero attached hydrogens (tertiary/aromatic N) is 5. The maximum Gasteiger partial charge on any atom is 0.284 e. The van der Waals surface area contributed by atoms with E-state index in [0.717, 1.165) is 31.9 Å². The Kier molecular flexibility index (Phi) is 4.52. The standard InChI is InChI=1S/C20H20N8O2/c21-18(29)17-9-13(11-30-17)16-10-23-19(20-24-12-25-28(16)20)26-14-1-3-15(4-2-14)27-7-5-22-6-8-27/h1-4,9-12,22H,5-8H2,(H2,21,29)(H,23,26). The predicted molar refractivity (Wildman–Crippen MR) is 112 cm³/mol. The van der Waals surface area contributed by atoms with Crippen molar-refractivity contribution >= 4 is 28.7 Å². The number of hydrogen-bond donors (Lipinski definition) is 3. The fraction of sp³-hybridized carbons (Fsp3) is 0.200. The van der Waals surface area contributed by atoms with E-state index < -0.39 is 5.91 Å². The second kappa shape index (κ2) is 7.48. The van der Waals surface area contributed by atoms with Gasteiger partial charge in [-0.1, -0.05) is 0 Å². The number of carbonyl (C=O) groups is 1. The van der Waals surface area contributed by atoms with Gasteiger partial charge in [-0.15, -0.1) is 0 Å². The Morgan fingerprint density at radius 1 is 1.17 bits per heavy atom. The Bertz CT molecular complexity index is 1190. The Morgan fingerprint density at radius 2 is 1.97 bits per heavy atom. The molecule has 0 spiro atoms. The Hall–Kier alpha value is -3.92. The lowest BCUT2D eigenvalue weighted by atomic mass is 10.2. The van der Waals surface area contributed by atoms with Gasteiger partial charge in [0.1, 0.15) is 12.6 Å². The monoisotopic (exact) mass is 404 g/mol. The molecule has 3 aromatic heterocycles. The first-order valence-electron chi connectivity index (χ1n) is 9.59. The highest BCUT2D eigenvalue weighted by molar-refractivity contribution is 5.91. The number of piperazine rings is 1. The molecule has 1 aromatic carbocycles. The molecule has 5 rings (SSSR count). The minimum absolute atomic E-state index is 0.0741. The zero-order valence-corrected chi connectivity index (χ0v) is 16.1. The maximum atomic E-state index is 11.3. The van der Waals surface area contributed by atoms with Gasteiger partial charge in [0.25, 0.3) is 5.91 Å². The van der Waals surface area contributed by atoms with Crippen molar-refractivity contribution in [2.24, 2.45) is 5.73 Å². The van der Waals surface area contributed by atoms with Gasteiger partial charge in [-0.05, 0) is 30.3 Å². The zero-order valence-electron chi connectivity index (χ0n) is 16.1. The highest BCUT2D eigenvalue weighted by Gasteiger charge is 2.16. The summed E-state index contributed by atoms with van der Waals surface area (Å²) in [6, 6.07) is 9.80. The summed E-state index contributed by atoms with van der Waals surface area (Å²) in [5.41, 5.74) is 9.20. The van der Waals surface area contributed by atoms with Crippen molar-refractivity contribution in [2.75, 3.05) is 36.4 Å². The van der Waals surface area contributed by atoms with Gasteiger partial charge in [0.15, 0.2) is 17.2 Å². The average Bonchev–Trinajstić information content (AvgIpc) is 3.46. The van der Waals surface area contributed by atoms with E-state index in [-0.39, 0.29) is 5.76 Å². The van der Waals surface area contributed by atoms with E-state index >= 15 is 0 Å². The molecule has 1 amide bonds. The molecule has 0 saturated carbocycles. The normalized spacial score (nSPS) is 14.2. The second-order valence-electron chi connectivity index (χ2n) is 6.96. The fourth-order valence-corrected chi connectivity index (χ4v) is 3.52. The number of benzene rings is 1. The van der Waals surface area contributed by atoms with Crippen LogP contribution in [0.2, 0.25) is 0 Å². The highest BCUT2D eigenvalue weighted by atomic mass is 16.3. The van der Waals surface area contributed by atoms with Crippen molar-refractivity contribution in [3.8, 4) is 11.3 Å². The van der Waals surface area contributed by atoms with Crippen LogP contribution in [-0.2, 0) is 0 Å². The van der Waals surface area contributed by atoms with Gasteiger partial charge >= 0.3 is 0 Å². The number of rotatable bonds is 5. The van der Waals surface area contributed by atoms with Crippen LogP contribution in [0.25, 0.3) is 16.9 Å². The molecule has 4 heterocycles. The first kappa shape index (κ1) is 18.1. The minimum atomic E-state index is -0.633. The summed E-state index contributed by atoms with van der Waals surface area (Å²) in [6.07, 6.45) is 4.54. The van der Waals surface area contributed by atoms with Crippen LogP contribution in [0.5, 0.6) is 0 Å². The molecule has 0 aliphatic carbocycles. The number of primary amides is 1. The number of furan rings is 1. The van der Waals surface area contributed by atoms with Gasteiger partial charge in [-0.2, -0.15) is 5.10 Å². The molecule has 10 nitrogen and oxygen atoms in total. The lowest BCUT2D eigenvalue weighted by Crippen LogP contribution is -2.43. The quantitative estimate of drug-likeness (QED) is 0.458. The first-order valence-corrected chi connectivity index (χ1v) is 9.59. The first-order chi connectivity index (χ1) is 14.7. The molecule has 0 radical (unpaired) electrons. The van der Waals surface area contributed by atoms with Crippen LogP contribution in [0.1, 0.15) is 10.6 Å². The van der Waals surface area contributed by atoms with Crippen LogP contribution in [0.4, 0.5) is 17.2 Å². The smallest absolute Gasteiger partial charge is 0.284 e. The number of carbonyl (C=O) groups excluding carboxylic acids is 1. The Labute approximate surface area is 171 Å². The van der Waals surface area contributed by atoms with E-state index in [2.05, 4.69) is 42.7 Å². The second-order valence-corrected chi connectivity index (χ2v) is 6.96. The van der Waals surface area contributed by atoms with E-state index in [9.17, 15) is 4.79 Å². The molecular weight excluding hydrogens is 384 g/mol. The van der Waals surface area contributed by atoms with Crippen molar-refractivity contribution in [1.82, 2.24) is 24.9 Å². The largest absolute Gasteiger partial charge is 0.458 e. The summed E-state index contributed by atoms with van der Waals surface area (Å²) in [6.45, 7) is 4.00. The molecule has 1 saturated heterocycles. The van der Waals surface area contributed by atoms with Crippen LogP contribution in [0.3, 0.4) is 0 Å². The lowest BCUT2D eigenvalue weighted by Gasteiger charge is -2.29. The molecule has 30 heavy (non-hydrogen) atoms. The molecule has 1 aliphatic heterocycles. The summed E-state index contributed by atoms with van der Waals surface area (Å²) in [5, 5.41) is 10.9. The van der Waals surface area contributed by atoms with Crippen LogP contribution in [0.15, 0.2) is 53.5 Å². The van der Waals surface area contributed by atoms with Crippen molar-refractivity contribution in [1.29, 1.82) is 0 Å². The van der Waals surface area contributed by atoms with Crippen molar-refractivity contribution in [3.63, 3.8) is 0 Å². The summed E-state index contributed by atoms with van der Waals surface area (Å²) < 4.78 is 6.84. The number of hydrogen-bond acceptors (Lipinski definition) is 8. The average molecular weight is 404 g/mol. The number of fused-ring (bicyclic) bond motifs is 1. The molecule has 0 unspecified atom stereocenters. The number of nitrogens with one attached hydrogen (secondary N) is 2. The van der Waals surface area contributed by atoms with E-state index in [1.165, 1.54) is 18.3 Å². The molecule has 10 heteroatoms. The molecule has 0 atom stereocenters. The maximum absolute atomic E-state index is 11.3. The number of nitrogens with two attached hydrogens (primary N) is 1. The van der Waals surface area contributed by atoms with Gasteiger partial charge < -0.3 is 25.7 Å². The van der Waals surface area contributed by atoms with Crippen molar-refractivity contribution in [3.05, 3.63) is 54.9 Å². The van der Waals surface area contributed by atoms with Gasteiger partial charge in [0.2, 0.25) is 0 Å². The van der Waals surface area contributed by atoms with Crippen molar-refractivity contribution in [2.45, 2.75) is 0 Å². The summed E-state index contributed by atoms with van der Waals surface area (Å²) in [7, 11) is 0. The molecule has 1 aliphatic rings. The number of anilines is 3. The van der Waals surface area contributed by atoms with Crippen LogP contribution in [0, 0.1) is 0 Å². The third-order valence-electron chi connectivity index (χ3n) is 5.05. The van der Waals surface area contributed by atoms with Gasteiger partial charge in [0.05, 0.1) is 11.9 Å². The third-order valence-corrected chi connectivity index (χ3v) is 5.05. The molecule has 4 N–H and O–H groups in total. The summed E-state index contributed by atoms with van der Waals surface area (Å²) in [4.78, 5) is 22.5. The lowest BCUT2D eigenvalue weighted by molar-refractivity contribution is 0.0974. The Balaban J connectivity index is 1.41. The topological polar surface area (TPSA) is 127 Å². The zero-order chi connectivity index (χ0) is 20.5. The molecule has 4 aromatic rings. The van der Waals surface area contributed by atoms with Gasteiger partial charge in [0, 0.05) is 43.1 Å². The van der Waals surface area contributed by atoms with Gasteiger partial charge in [-0.3, -0.25) is 4.79 Å². The van der Waals surface area contributed by atoms with E-state index in [1.54, 1.807) is 16.8 Å². The van der Waals surface area contributed by atoms with Gasteiger partial charge in [-0.25, -0.2) is 14.5 Å². The molecule has 1 fully saturated rings. The van der Waals surface area contributed by atoms with E-state index in [0.29, 0.717) is 22.7 Å². The van der Waals surface area contributed by atoms with Crippen LogP contribution >= 0.6 is 0 Å². The SMILES string of the molecule is NC(=O)c1cc(-c2cnc(Nc3ccc(N4CCNCC4)cc3)c3ncnn23)co1. The van der Waals surface area contributed by atoms with Crippen molar-refractivity contribution < 1.29 is 9.21 Å². The number of amides is 1. The number of aromatic nitrogens is 4.